The lowest BCUT2D eigenvalue weighted by atomic mass is 10.1. The Morgan fingerprint density at radius 2 is 2.17 bits per heavy atom. The lowest BCUT2D eigenvalue weighted by Gasteiger charge is -2.15. The number of halogens is 2. The zero-order valence-electron chi connectivity index (χ0n) is 8.97. The maximum Gasteiger partial charge on any atom is 0.307 e. The molecule has 1 aliphatic heterocycles. The van der Waals surface area contributed by atoms with Crippen molar-refractivity contribution in [1.29, 1.82) is 0 Å². The van der Waals surface area contributed by atoms with E-state index < -0.39 is 21.9 Å². The van der Waals surface area contributed by atoms with Crippen LogP contribution in [0.15, 0.2) is 11.0 Å². The molecule has 2 heterocycles. The molecule has 0 amide bonds. The largest absolute Gasteiger partial charge is 0.481 e. The molecule has 1 aliphatic rings. The highest BCUT2D eigenvalue weighted by atomic mass is 35.5. The van der Waals surface area contributed by atoms with Crippen LogP contribution < -0.4 is 0 Å². The van der Waals surface area contributed by atoms with Crippen LogP contribution in [0.2, 0.25) is 8.67 Å². The van der Waals surface area contributed by atoms with Gasteiger partial charge in [0.05, 0.1) is 10.3 Å². The molecular formula is C9H9Cl2NO4S2. The second-order valence-corrected chi connectivity index (χ2v) is 8.07. The number of carboxylic acids is 1. The van der Waals surface area contributed by atoms with Crippen LogP contribution in [0.1, 0.15) is 6.42 Å². The zero-order valence-corrected chi connectivity index (χ0v) is 12.1. The smallest absolute Gasteiger partial charge is 0.307 e. The summed E-state index contributed by atoms with van der Waals surface area (Å²) >= 11 is 12.5. The Morgan fingerprint density at radius 3 is 2.61 bits per heavy atom. The van der Waals surface area contributed by atoms with Crippen molar-refractivity contribution < 1.29 is 18.3 Å². The van der Waals surface area contributed by atoms with Crippen molar-refractivity contribution in [2.24, 2.45) is 5.92 Å². The maximum absolute atomic E-state index is 12.2. The Balaban J connectivity index is 2.28. The van der Waals surface area contributed by atoms with E-state index >= 15 is 0 Å². The second-order valence-electron chi connectivity index (χ2n) is 3.88. The maximum atomic E-state index is 12.2. The molecule has 2 rings (SSSR count). The Morgan fingerprint density at radius 1 is 1.50 bits per heavy atom. The van der Waals surface area contributed by atoms with Crippen molar-refractivity contribution in [3.8, 4) is 0 Å². The van der Waals surface area contributed by atoms with E-state index in [1.807, 2.05) is 0 Å². The summed E-state index contributed by atoms with van der Waals surface area (Å²) in [5.74, 6) is -1.64. The van der Waals surface area contributed by atoms with Crippen molar-refractivity contribution in [2.75, 3.05) is 13.1 Å². The molecule has 0 saturated carbocycles. The standard InChI is InChI=1S/C9H9Cl2NO4S2/c10-7-3-6(8(11)17-7)18(15,16)12-2-1-5(4-12)9(13)14/h3,5H,1-2,4H2,(H,13,14). The molecule has 9 heteroatoms. The van der Waals surface area contributed by atoms with E-state index in [0.29, 0.717) is 6.42 Å². The molecular weight excluding hydrogens is 321 g/mol. The van der Waals surface area contributed by atoms with E-state index in [2.05, 4.69) is 0 Å². The highest BCUT2D eigenvalue weighted by Crippen LogP contribution is 2.37. The zero-order chi connectivity index (χ0) is 13.5. The third-order valence-electron chi connectivity index (χ3n) is 2.74. The van der Waals surface area contributed by atoms with Crippen molar-refractivity contribution >= 4 is 50.5 Å². The Kier molecular flexibility index (Phi) is 3.89. The number of thiophene rings is 1. The van der Waals surface area contributed by atoms with E-state index in [0.717, 1.165) is 15.6 Å². The van der Waals surface area contributed by atoms with E-state index in [1.54, 1.807) is 0 Å². The number of nitrogens with zero attached hydrogens (tertiary/aromatic N) is 1. The average Bonchev–Trinajstić information content (AvgIpc) is 2.85. The van der Waals surface area contributed by atoms with Crippen LogP contribution in [0.4, 0.5) is 0 Å². The van der Waals surface area contributed by atoms with Crippen molar-refractivity contribution in [1.82, 2.24) is 4.31 Å². The van der Waals surface area contributed by atoms with Crippen LogP contribution in [-0.4, -0.2) is 36.9 Å². The highest BCUT2D eigenvalue weighted by Gasteiger charge is 2.37. The molecule has 18 heavy (non-hydrogen) atoms. The fraction of sp³-hybridized carbons (Fsp3) is 0.444. The quantitative estimate of drug-likeness (QED) is 0.921. The predicted octanol–water partition coefficient (Wildman–Crippen LogP) is 2.15. The van der Waals surface area contributed by atoms with Crippen molar-refractivity contribution in [3.05, 3.63) is 14.7 Å². The molecule has 1 unspecified atom stereocenters. The molecule has 1 N–H and O–H groups in total. The summed E-state index contributed by atoms with van der Waals surface area (Å²) in [5, 5.41) is 8.86. The number of aliphatic carboxylic acids is 1. The second kappa shape index (κ2) is 4.97. The van der Waals surface area contributed by atoms with Gasteiger partial charge in [-0.05, 0) is 12.5 Å². The van der Waals surface area contributed by atoms with Crippen LogP contribution in [0, 0.1) is 5.92 Å². The van der Waals surface area contributed by atoms with Crippen molar-refractivity contribution in [3.63, 3.8) is 0 Å². The average molecular weight is 330 g/mol. The Hall–Kier alpha value is -0.340. The van der Waals surface area contributed by atoms with Gasteiger partial charge in [-0.3, -0.25) is 4.79 Å². The van der Waals surface area contributed by atoms with E-state index in [-0.39, 0.29) is 26.7 Å². The van der Waals surface area contributed by atoms with Gasteiger partial charge in [-0.15, -0.1) is 11.3 Å². The molecule has 1 atom stereocenters. The number of sulfonamides is 1. The van der Waals surface area contributed by atoms with Gasteiger partial charge in [0, 0.05) is 13.1 Å². The first-order valence-corrected chi connectivity index (χ1v) is 8.01. The first-order chi connectivity index (χ1) is 8.32. The fourth-order valence-electron chi connectivity index (χ4n) is 1.79. The van der Waals surface area contributed by atoms with Gasteiger partial charge in [-0.25, -0.2) is 8.42 Å². The van der Waals surface area contributed by atoms with Gasteiger partial charge in [-0.1, -0.05) is 23.2 Å². The van der Waals surface area contributed by atoms with Crippen LogP contribution in [0.25, 0.3) is 0 Å². The van der Waals surface area contributed by atoms with E-state index in [9.17, 15) is 13.2 Å². The number of rotatable bonds is 3. The molecule has 0 bridgehead atoms. The number of hydrogen-bond donors (Lipinski definition) is 1. The van der Waals surface area contributed by atoms with Gasteiger partial charge in [-0.2, -0.15) is 4.31 Å². The number of hydrogen-bond acceptors (Lipinski definition) is 4. The van der Waals surface area contributed by atoms with Crippen LogP contribution >= 0.6 is 34.5 Å². The third kappa shape index (κ3) is 2.50. The Bertz CT molecular complexity index is 583. The monoisotopic (exact) mass is 329 g/mol. The fourth-order valence-corrected chi connectivity index (χ4v) is 5.40. The van der Waals surface area contributed by atoms with Crippen LogP contribution in [-0.2, 0) is 14.8 Å². The summed E-state index contributed by atoms with van der Waals surface area (Å²) in [4.78, 5) is 10.8. The van der Waals surface area contributed by atoms with Gasteiger partial charge in [0.15, 0.2) is 0 Å². The summed E-state index contributed by atoms with van der Waals surface area (Å²) in [6.45, 7) is 0.157. The first kappa shape index (κ1) is 14.1. The SMILES string of the molecule is O=C(O)C1CCN(S(=O)(=O)c2cc(Cl)sc2Cl)C1. The molecule has 1 aromatic rings. The van der Waals surface area contributed by atoms with Crippen LogP contribution in [0.5, 0.6) is 0 Å². The van der Waals surface area contributed by atoms with Gasteiger partial charge < -0.3 is 5.11 Å². The Labute approximate surface area is 118 Å². The molecule has 100 valence electrons. The van der Waals surface area contributed by atoms with Gasteiger partial charge in [0.1, 0.15) is 9.23 Å². The van der Waals surface area contributed by atoms with Crippen LogP contribution in [0.3, 0.4) is 0 Å². The summed E-state index contributed by atoms with van der Waals surface area (Å²) < 4.78 is 26.0. The predicted molar refractivity (Wildman–Crippen MR) is 68.8 cm³/mol. The minimum Gasteiger partial charge on any atom is -0.481 e. The lowest BCUT2D eigenvalue weighted by molar-refractivity contribution is -0.141. The summed E-state index contributed by atoms with van der Waals surface area (Å²) in [6.07, 6.45) is 0.310. The molecule has 5 nitrogen and oxygen atoms in total. The molecule has 0 aromatic carbocycles. The minimum atomic E-state index is -3.75. The summed E-state index contributed by atoms with van der Waals surface area (Å²) in [7, 11) is -3.75. The molecule has 0 radical (unpaired) electrons. The number of carboxylic acid groups (broad SMARTS) is 1. The molecule has 0 spiro atoms. The summed E-state index contributed by atoms with van der Waals surface area (Å²) in [6, 6.07) is 1.29. The van der Waals surface area contributed by atoms with Gasteiger partial charge >= 0.3 is 5.97 Å². The van der Waals surface area contributed by atoms with E-state index in [1.165, 1.54) is 6.07 Å². The van der Waals surface area contributed by atoms with Gasteiger partial charge in [0.25, 0.3) is 0 Å². The van der Waals surface area contributed by atoms with Gasteiger partial charge in [0.2, 0.25) is 10.0 Å². The van der Waals surface area contributed by atoms with E-state index in [4.69, 9.17) is 28.3 Å². The normalized spacial score (nSPS) is 21.3. The first-order valence-electron chi connectivity index (χ1n) is 5.00. The summed E-state index contributed by atoms with van der Waals surface area (Å²) in [5.41, 5.74) is 0. The topological polar surface area (TPSA) is 74.7 Å². The minimum absolute atomic E-state index is 0.0263. The lowest BCUT2D eigenvalue weighted by Crippen LogP contribution is -2.30. The molecule has 1 fully saturated rings. The van der Waals surface area contributed by atoms with Crippen molar-refractivity contribution in [2.45, 2.75) is 11.3 Å². The highest BCUT2D eigenvalue weighted by molar-refractivity contribution is 7.89. The number of carbonyl (C=O) groups is 1. The molecule has 1 saturated heterocycles. The third-order valence-corrected chi connectivity index (χ3v) is 6.36. The molecule has 1 aromatic heterocycles. The molecule has 0 aliphatic carbocycles.